The molecule has 0 fully saturated rings. The molecule has 0 heterocycles. The maximum absolute atomic E-state index is 12.0. The standard InChI is InChI=1S/C23H33N5O7Si/c1-5-27(16-17-35-23(29)24-15-6-18-36(32-2,33-3)34-4)21-11-7-19(8-12-21)25-26-20-9-13-22(14-10-20)28(30)31/h7-14H,5-6,15-18H2,1-4H3,(H,24,29). The van der Waals surface area contributed by atoms with Crippen molar-refractivity contribution in [1.29, 1.82) is 0 Å². The van der Waals surface area contributed by atoms with E-state index in [1.165, 1.54) is 12.1 Å². The maximum Gasteiger partial charge on any atom is 0.500 e. The zero-order valence-corrected chi connectivity index (χ0v) is 22.0. The number of hydrogen-bond donors (Lipinski definition) is 1. The van der Waals surface area contributed by atoms with Crippen LogP contribution in [0.1, 0.15) is 13.3 Å². The number of azo groups is 1. The Morgan fingerprint density at radius 3 is 2.06 bits per heavy atom. The van der Waals surface area contributed by atoms with Crippen LogP contribution in [0, 0.1) is 10.1 Å². The van der Waals surface area contributed by atoms with Gasteiger partial charge in [0.05, 0.1) is 22.8 Å². The van der Waals surface area contributed by atoms with E-state index in [0.29, 0.717) is 36.9 Å². The van der Waals surface area contributed by atoms with Gasteiger partial charge < -0.3 is 28.2 Å². The molecule has 0 bridgehead atoms. The second-order valence-corrected chi connectivity index (χ2v) is 10.6. The van der Waals surface area contributed by atoms with E-state index in [4.69, 9.17) is 18.0 Å². The molecule has 0 atom stereocenters. The van der Waals surface area contributed by atoms with Crippen molar-refractivity contribution in [3.05, 3.63) is 58.6 Å². The van der Waals surface area contributed by atoms with Crippen molar-refractivity contribution < 1.29 is 27.7 Å². The topological polar surface area (TPSA) is 137 Å². The van der Waals surface area contributed by atoms with Crippen LogP contribution >= 0.6 is 0 Å². The Labute approximate surface area is 211 Å². The van der Waals surface area contributed by atoms with Crippen LogP contribution in [0.15, 0.2) is 58.8 Å². The Hall–Kier alpha value is -3.39. The summed E-state index contributed by atoms with van der Waals surface area (Å²) in [5.74, 6) is 0. The molecule has 13 heteroatoms. The monoisotopic (exact) mass is 519 g/mol. The van der Waals surface area contributed by atoms with E-state index in [0.717, 1.165) is 12.2 Å². The number of carbonyl (C=O) groups excluding carboxylic acids is 1. The smallest absolute Gasteiger partial charge is 0.448 e. The molecule has 0 saturated carbocycles. The zero-order chi connectivity index (χ0) is 26.4. The fraction of sp³-hybridized carbons (Fsp3) is 0.435. The third kappa shape index (κ3) is 9.00. The fourth-order valence-corrected chi connectivity index (χ4v) is 5.03. The molecule has 2 aromatic carbocycles. The number of anilines is 1. The van der Waals surface area contributed by atoms with E-state index in [2.05, 4.69) is 20.4 Å². The molecule has 0 aromatic heterocycles. The van der Waals surface area contributed by atoms with Gasteiger partial charge in [0.1, 0.15) is 6.61 Å². The summed E-state index contributed by atoms with van der Waals surface area (Å²) in [5.41, 5.74) is 2.12. The predicted molar refractivity (Wildman–Crippen MR) is 137 cm³/mol. The van der Waals surface area contributed by atoms with E-state index < -0.39 is 19.8 Å². The lowest BCUT2D eigenvalue weighted by Crippen LogP contribution is -2.43. The third-order valence-electron chi connectivity index (χ3n) is 5.39. The highest BCUT2D eigenvalue weighted by Crippen LogP contribution is 2.23. The van der Waals surface area contributed by atoms with Crippen LogP contribution in [-0.4, -0.2) is 67.4 Å². The molecule has 0 aliphatic heterocycles. The molecule has 2 rings (SSSR count). The average molecular weight is 520 g/mol. The quantitative estimate of drug-likeness (QED) is 0.116. The summed E-state index contributed by atoms with van der Waals surface area (Å²) in [7, 11) is 2.03. The lowest BCUT2D eigenvalue weighted by Gasteiger charge is -2.24. The molecule has 0 saturated heterocycles. The van der Waals surface area contributed by atoms with Gasteiger partial charge in [-0.05, 0) is 49.7 Å². The van der Waals surface area contributed by atoms with Crippen molar-refractivity contribution in [1.82, 2.24) is 5.32 Å². The highest BCUT2D eigenvalue weighted by Gasteiger charge is 2.36. The minimum Gasteiger partial charge on any atom is -0.448 e. The number of rotatable bonds is 15. The number of nitro benzene ring substituents is 1. The third-order valence-corrected chi connectivity index (χ3v) is 8.23. The summed E-state index contributed by atoms with van der Waals surface area (Å²) in [6, 6.07) is 13.9. The Kier molecular flexibility index (Phi) is 11.9. The number of amides is 1. The van der Waals surface area contributed by atoms with E-state index in [1.54, 1.807) is 33.5 Å². The van der Waals surface area contributed by atoms with Crippen molar-refractivity contribution in [2.75, 3.05) is 52.5 Å². The van der Waals surface area contributed by atoms with Gasteiger partial charge in [-0.25, -0.2) is 4.79 Å². The van der Waals surface area contributed by atoms with Gasteiger partial charge in [-0.3, -0.25) is 10.1 Å². The van der Waals surface area contributed by atoms with Gasteiger partial charge in [0, 0.05) is 58.3 Å². The summed E-state index contributed by atoms with van der Waals surface area (Å²) in [6.07, 6.45) is 0.166. The normalized spacial score (nSPS) is 11.4. The van der Waals surface area contributed by atoms with Crippen LogP contribution in [0.3, 0.4) is 0 Å². The number of nitro groups is 1. The second kappa shape index (κ2) is 14.9. The molecule has 0 radical (unpaired) electrons. The number of nitrogens with one attached hydrogen (secondary N) is 1. The molecule has 1 N–H and O–H groups in total. The van der Waals surface area contributed by atoms with Crippen LogP contribution in [-0.2, 0) is 18.0 Å². The Morgan fingerprint density at radius 2 is 1.56 bits per heavy atom. The van der Waals surface area contributed by atoms with E-state index >= 15 is 0 Å². The maximum atomic E-state index is 12.0. The van der Waals surface area contributed by atoms with Crippen molar-refractivity contribution in [3.63, 3.8) is 0 Å². The molecule has 36 heavy (non-hydrogen) atoms. The van der Waals surface area contributed by atoms with Gasteiger partial charge in [-0.2, -0.15) is 10.2 Å². The lowest BCUT2D eigenvalue weighted by atomic mass is 10.2. The Balaban J connectivity index is 1.76. The number of nitrogens with zero attached hydrogens (tertiary/aromatic N) is 4. The van der Waals surface area contributed by atoms with E-state index in [-0.39, 0.29) is 12.3 Å². The average Bonchev–Trinajstić information content (AvgIpc) is 2.91. The lowest BCUT2D eigenvalue weighted by molar-refractivity contribution is -0.384. The number of non-ortho nitro benzene ring substituents is 1. The molecule has 196 valence electrons. The summed E-state index contributed by atoms with van der Waals surface area (Å²) >= 11 is 0. The molecule has 0 spiro atoms. The summed E-state index contributed by atoms with van der Waals surface area (Å²) < 4.78 is 21.4. The first-order chi connectivity index (χ1) is 17.4. The first-order valence-electron chi connectivity index (χ1n) is 11.4. The largest absolute Gasteiger partial charge is 0.500 e. The van der Waals surface area contributed by atoms with Gasteiger partial charge in [-0.15, -0.1) is 0 Å². The fourth-order valence-electron chi connectivity index (χ4n) is 3.31. The summed E-state index contributed by atoms with van der Waals surface area (Å²) in [4.78, 5) is 24.3. The summed E-state index contributed by atoms with van der Waals surface area (Å²) in [5, 5.41) is 21.7. The molecular weight excluding hydrogens is 486 g/mol. The van der Waals surface area contributed by atoms with Crippen molar-refractivity contribution in [2.24, 2.45) is 10.2 Å². The Morgan fingerprint density at radius 1 is 1.00 bits per heavy atom. The van der Waals surface area contributed by atoms with Gasteiger partial charge >= 0.3 is 14.9 Å². The van der Waals surface area contributed by atoms with Crippen molar-refractivity contribution >= 4 is 37.6 Å². The molecular formula is C23H33N5O7Si. The molecule has 0 unspecified atom stereocenters. The number of carbonyl (C=O) groups is 1. The van der Waals surface area contributed by atoms with Crippen LogP contribution in [0.2, 0.25) is 6.04 Å². The van der Waals surface area contributed by atoms with Crippen molar-refractivity contribution in [3.8, 4) is 0 Å². The highest BCUT2D eigenvalue weighted by atomic mass is 28.4. The minimum absolute atomic E-state index is 0.00297. The van der Waals surface area contributed by atoms with Gasteiger partial charge in [0.15, 0.2) is 0 Å². The highest BCUT2D eigenvalue weighted by molar-refractivity contribution is 6.60. The molecule has 0 aliphatic carbocycles. The van der Waals surface area contributed by atoms with Gasteiger partial charge in [0.25, 0.3) is 5.69 Å². The van der Waals surface area contributed by atoms with Crippen LogP contribution in [0.5, 0.6) is 0 Å². The summed E-state index contributed by atoms with van der Waals surface area (Å²) in [6.45, 7) is 3.93. The first-order valence-corrected chi connectivity index (χ1v) is 13.4. The number of benzene rings is 2. The van der Waals surface area contributed by atoms with Gasteiger partial charge in [-0.1, -0.05) is 0 Å². The molecule has 1 amide bonds. The van der Waals surface area contributed by atoms with Crippen LogP contribution in [0.4, 0.5) is 27.5 Å². The SMILES string of the molecule is CCN(CCOC(=O)NCCC[Si](OC)(OC)OC)c1ccc(N=Nc2ccc([N+](=O)[O-])cc2)cc1. The molecule has 0 aliphatic rings. The van der Waals surface area contributed by atoms with Crippen molar-refractivity contribution in [2.45, 2.75) is 19.4 Å². The molecule has 12 nitrogen and oxygen atoms in total. The van der Waals surface area contributed by atoms with Gasteiger partial charge in [0.2, 0.25) is 0 Å². The predicted octanol–water partition coefficient (Wildman–Crippen LogP) is 4.83. The number of alkyl carbamates (subject to hydrolysis) is 1. The second-order valence-electron chi connectivity index (χ2n) is 7.53. The number of hydrogen-bond acceptors (Lipinski definition) is 10. The van der Waals surface area contributed by atoms with E-state index in [1.807, 2.05) is 31.2 Å². The number of likely N-dealkylation sites (N-methyl/N-ethyl adjacent to an activating group) is 1. The van der Waals surface area contributed by atoms with Crippen LogP contribution in [0.25, 0.3) is 0 Å². The van der Waals surface area contributed by atoms with E-state index in [9.17, 15) is 14.9 Å². The Bertz CT molecular complexity index is 977. The molecule has 2 aromatic rings. The zero-order valence-electron chi connectivity index (χ0n) is 21.0. The minimum atomic E-state index is -2.64. The van der Waals surface area contributed by atoms with Crippen LogP contribution < -0.4 is 10.2 Å². The number of ether oxygens (including phenoxy) is 1. The first kappa shape index (κ1) is 28.8.